The average Bonchev–Trinajstić information content (AvgIpc) is 3.46. The van der Waals surface area contributed by atoms with Crippen molar-refractivity contribution < 1.29 is 23.6 Å². The van der Waals surface area contributed by atoms with Crippen LogP contribution in [0.15, 0.2) is 112 Å². The molecule has 0 atom stereocenters. The Morgan fingerprint density at radius 3 is 2.08 bits per heavy atom. The van der Waals surface area contributed by atoms with Gasteiger partial charge in [-0.2, -0.15) is 0 Å². The standard InChI is InChI=1S/C29H24N4O5S/c30-27(35)19-8-10-21(11-9-19)31-26(34)18-39-24-14-12-22(13-15-24)32-29(37)25(17-23-7-4-16-38-23)33-28(36)20-5-2-1-3-6-20/h1-17H,18H2,(H2,30,35)(H,31,34)(H,32,37)(H,33,36)/b25-17-. The third-order valence-corrected chi connectivity index (χ3v) is 6.31. The minimum absolute atomic E-state index is 0.0118. The van der Waals surface area contributed by atoms with Crippen LogP contribution in [0.25, 0.3) is 6.08 Å². The number of furan rings is 1. The van der Waals surface area contributed by atoms with Gasteiger partial charge in [0.25, 0.3) is 11.8 Å². The molecule has 0 aliphatic heterocycles. The molecule has 0 aliphatic carbocycles. The number of thioether (sulfide) groups is 1. The number of benzene rings is 3. The molecule has 4 aromatic rings. The highest BCUT2D eigenvalue weighted by atomic mass is 32.2. The number of rotatable bonds is 10. The first-order valence-electron chi connectivity index (χ1n) is 11.7. The second kappa shape index (κ2) is 12.9. The lowest BCUT2D eigenvalue weighted by Gasteiger charge is -2.11. The van der Waals surface area contributed by atoms with Crippen molar-refractivity contribution in [3.8, 4) is 0 Å². The maximum Gasteiger partial charge on any atom is 0.272 e. The van der Waals surface area contributed by atoms with E-state index in [2.05, 4.69) is 16.0 Å². The minimum atomic E-state index is -0.537. The van der Waals surface area contributed by atoms with Gasteiger partial charge in [0.15, 0.2) is 0 Å². The normalized spacial score (nSPS) is 10.9. The van der Waals surface area contributed by atoms with Crippen LogP contribution >= 0.6 is 11.8 Å². The van der Waals surface area contributed by atoms with Crippen molar-refractivity contribution in [2.75, 3.05) is 16.4 Å². The van der Waals surface area contributed by atoms with Gasteiger partial charge in [0.05, 0.1) is 12.0 Å². The van der Waals surface area contributed by atoms with Crippen LogP contribution in [-0.2, 0) is 9.59 Å². The lowest BCUT2D eigenvalue weighted by molar-refractivity contribution is -0.114. The Morgan fingerprint density at radius 2 is 1.44 bits per heavy atom. The predicted octanol–water partition coefficient (Wildman–Crippen LogP) is 4.52. The maximum atomic E-state index is 13.0. The summed E-state index contributed by atoms with van der Waals surface area (Å²) in [6.07, 6.45) is 2.91. The number of hydrogen-bond donors (Lipinski definition) is 4. The van der Waals surface area contributed by atoms with Gasteiger partial charge in [-0.15, -0.1) is 11.8 Å². The Hall–Kier alpha value is -5.09. The molecule has 0 fully saturated rings. The van der Waals surface area contributed by atoms with E-state index in [-0.39, 0.29) is 17.4 Å². The van der Waals surface area contributed by atoms with Crippen LogP contribution in [-0.4, -0.2) is 29.4 Å². The van der Waals surface area contributed by atoms with E-state index in [1.165, 1.54) is 24.1 Å². The zero-order valence-corrected chi connectivity index (χ0v) is 21.4. The Labute approximate surface area is 228 Å². The van der Waals surface area contributed by atoms with E-state index in [9.17, 15) is 19.2 Å². The molecule has 196 valence electrons. The molecule has 0 spiro atoms. The number of nitrogens with one attached hydrogen (secondary N) is 3. The summed E-state index contributed by atoms with van der Waals surface area (Å²) in [6, 6.07) is 25.1. The summed E-state index contributed by atoms with van der Waals surface area (Å²) >= 11 is 1.32. The third-order valence-electron chi connectivity index (χ3n) is 5.29. The zero-order chi connectivity index (χ0) is 27.6. The van der Waals surface area contributed by atoms with E-state index >= 15 is 0 Å². The van der Waals surface area contributed by atoms with Crippen molar-refractivity contribution in [2.45, 2.75) is 4.90 Å². The first-order valence-corrected chi connectivity index (χ1v) is 12.7. The van der Waals surface area contributed by atoms with Crippen molar-refractivity contribution in [1.29, 1.82) is 0 Å². The van der Waals surface area contributed by atoms with E-state index in [4.69, 9.17) is 10.2 Å². The van der Waals surface area contributed by atoms with Gasteiger partial charge in [-0.1, -0.05) is 18.2 Å². The van der Waals surface area contributed by atoms with Crippen molar-refractivity contribution in [1.82, 2.24) is 5.32 Å². The molecule has 1 heterocycles. The Kier molecular flexibility index (Phi) is 8.94. The van der Waals surface area contributed by atoms with Gasteiger partial charge in [0.1, 0.15) is 11.5 Å². The molecule has 0 bridgehead atoms. The number of hydrogen-bond acceptors (Lipinski definition) is 6. The number of carbonyl (C=O) groups excluding carboxylic acids is 4. The van der Waals surface area contributed by atoms with E-state index in [0.29, 0.717) is 28.3 Å². The lowest BCUT2D eigenvalue weighted by Crippen LogP contribution is -2.30. The van der Waals surface area contributed by atoms with Crippen LogP contribution < -0.4 is 21.7 Å². The van der Waals surface area contributed by atoms with Gasteiger partial charge in [-0.05, 0) is 72.8 Å². The molecule has 0 saturated carbocycles. The summed E-state index contributed by atoms with van der Waals surface area (Å²) in [5.74, 6) is -1.15. The molecule has 0 aliphatic rings. The van der Waals surface area contributed by atoms with Crippen molar-refractivity contribution in [3.05, 3.63) is 120 Å². The molecule has 3 aromatic carbocycles. The number of anilines is 2. The summed E-state index contributed by atoms with van der Waals surface area (Å²) < 4.78 is 5.30. The second-order valence-corrected chi connectivity index (χ2v) is 9.20. The summed E-state index contributed by atoms with van der Waals surface area (Å²) in [7, 11) is 0. The first-order chi connectivity index (χ1) is 18.9. The molecule has 0 saturated heterocycles. The molecular weight excluding hydrogens is 516 g/mol. The summed E-state index contributed by atoms with van der Waals surface area (Å²) in [4.78, 5) is 49.9. The monoisotopic (exact) mass is 540 g/mol. The van der Waals surface area contributed by atoms with Gasteiger partial charge >= 0.3 is 0 Å². The Bertz CT molecular complexity index is 1480. The van der Waals surface area contributed by atoms with E-state index in [0.717, 1.165) is 4.90 Å². The molecule has 39 heavy (non-hydrogen) atoms. The topological polar surface area (TPSA) is 144 Å². The number of amides is 4. The summed E-state index contributed by atoms with van der Waals surface area (Å²) in [5.41, 5.74) is 7.06. The van der Waals surface area contributed by atoms with Crippen LogP contribution in [0.2, 0.25) is 0 Å². The number of nitrogens with two attached hydrogens (primary N) is 1. The fraction of sp³-hybridized carbons (Fsp3) is 0.0345. The van der Waals surface area contributed by atoms with Gasteiger partial charge in [-0.3, -0.25) is 19.2 Å². The highest BCUT2D eigenvalue weighted by Crippen LogP contribution is 2.21. The van der Waals surface area contributed by atoms with Crippen molar-refractivity contribution in [2.24, 2.45) is 5.73 Å². The zero-order valence-electron chi connectivity index (χ0n) is 20.5. The van der Waals surface area contributed by atoms with Crippen molar-refractivity contribution >= 4 is 52.8 Å². The third kappa shape index (κ3) is 7.94. The lowest BCUT2D eigenvalue weighted by atomic mass is 10.2. The molecule has 5 N–H and O–H groups in total. The van der Waals surface area contributed by atoms with Crippen LogP contribution in [0.4, 0.5) is 11.4 Å². The highest BCUT2D eigenvalue weighted by Gasteiger charge is 2.16. The molecule has 9 nitrogen and oxygen atoms in total. The molecule has 0 radical (unpaired) electrons. The van der Waals surface area contributed by atoms with Gasteiger partial charge in [0.2, 0.25) is 11.8 Å². The average molecular weight is 541 g/mol. The fourth-order valence-electron chi connectivity index (χ4n) is 3.35. The second-order valence-electron chi connectivity index (χ2n) is 8.15. The summed E-state index contributed by atoms with van der Waals surface area (Å²) in [6.45, 7) is 0. The number of primary amides is 1. The minimum Gasteiger partial charge on any atom is -0.465 e. The first kappa shape index (κ1) is 27.0. The van der Waals surface area contributed by atoms with Gasteiger partial charge < -0.3 is 26.1 Å². The quantitative estimate of drug-likeness (QED) is 0.172. The highest BCUT2D eigenvalue weighted by molar-refractivity contribution is 8.00. The van der Waals surface area contributed by atoms with Gasteiger partial charge in [0, 0.05) is 33.5 Å². The Balaban J connectivity index is 1.34. The van der Waals surface area contributed by atoms with Crippen molar-refractivity contribution in [3.63, 3.8) is 0 Å². The Morgan fingerprint density at radius 1 is 0.769 bits per heavy atom. The van der Waals surface area contributed by atoms with Gasteiger partial charge in [-0.25, -0.2) is 0 Å². The van der Waals surface area contributed by atoms with E-state index in [1.54, 1.807) is 91.0 Å². The molecule has 10 heteroatoms. The fourth-order valence-corrected chi connectivity index (χ4v) is 4.05. The number of carbonyl (C=O) groups is 4. The molecule has 4 amide bonds. The summed E-state index contributed by atoms with van der Waals surface area (Å²) in [5, 5.41) is 8.16. The molecular formula is C29H24N4O5S. The smallest absolute Gasteiger partial charge is 0.272 e. The van der Waals surface area contributed by atoms with Crippen LogP contribution in [0.5, 0.6) is 0 Å². The SMILES string of the molecule is NC(=O)c1ccc(NC(=O)CSc2ccc(NC(=O)/C(=C/c3ccco3)NC(=O)c3ccccc3)cc2)cc1. The van der Waals surface area contributed by atoms with Crippen LogP contribution in [0.3, 0.4) is 0 Å². The van der Waals surface area contributed by atoms with E-state index in [1.807, 2.05) is 0 Å². The van der Waals surface area contributed by atoms with E-state index < -0.39 is 17.7 Å². The molecule has 1 aromatic heterocycles. The van der Waals surface area contributed by atoms with Crippen LogP contribution in [0, 0.1) is 0 Å². The predicted molar refractivity (Wildman–Crippen MR) is 150 cm³/mol. The molecule has 4 rings (SSSR count). The van der Waals surface area contributed by atoms with Crippen LogP contribution in [0.1, 0.15) is 26.5 Å². The molecule has 0 unspecified atom stereocenters. The largest absolute Gasteiger partial charge is 0.465 e. The maximum absolute atomic E-state index is 13.0.